The van der Waals surface area contributed by atoms with E-state index in [1.165, 1.54) is 12.3 Å². The van der Waals surface area contributed by atoms with Crippen LogP contribution in [0.15, 0.2) is 58.6 Å². The molecule has 0 saturated heterocycles. The molecule has 0 spiro atoms. The number of benzene rings is 2. The van der Waals surface area contributed by atoms with Crippen LogP contribution in [0.25, 0.3) is 16.7 Å². The van der Waals surface area contributed by atoms with Crippen molar-refractivity contribution in [2.45, 2.75) is 5.16 Å². The summed E-state index contributed by atoms with van der Waals surface area (Å²) in [6.07, 6.45) is 1.30. The first kappa shape index (κ1) is 20.5. The number of ether oxygens (including phenoxy) is 1. The summed E-state index contributed by atoms with van der Waals surface area (Å²) in [5.41, 5.74) is 0.351. The molecule has 31 heavy (non-hydrogen) atoms. The van der Waals surface area contributed by atoms with E-state index in [4.69, 9.17) is 4.74 Å². The van der Waals surface area contributed by atoms with Gasteiger partial charge in [-0.2, -0.15) is 5.10 Å². The van der Waals surface area contributed by atoms with E-state index in [0.717, 1.165) is 28.5 Å². The van der Waals surface area contributed by atoms with Gasteiger partial charge in [0, 0.05) is 11.8 Å². The fourth-order valence-corrected chi connectivity index (χ4v) is 3.63. The number of aromatic nitrogens is 4. The van der Waals surface area contributed by atoms with Crippen LogP contribution in [0, 0.1) is 11.6 Å². The Morgan fingerprint density at radius 2 is 1.97 bits per heavy atom. The van der Waals surface area contributed by atoms with E-state index in [0.29, 0.717) is 11.4 Å². The number of anilines is 1. The van der Waals surface area contributed by atoms with Gasteiger partial charge < -0.3 is 10.1 Å². The zero-order valence-corrected chi connectivity index (χ0v) is 16.9. The maximum absolute atomic E-state index is 13.8. The Balaban J connectivity index is 1.62. The van der Waals surface area contributed by atoms with Gasteiger partial charge in [0.25, 0.3) is 5.56 Å². The molecule has 0 aliphatic heterocycles. The van der Waals surface area contributed by atoms with Gasteiger partial charge in [0.15, 0.2) is 22.4 Å². The molecule has 8 nitrogen and oxygen atoms in total. The van der Waals surface area contributed by atoms with Gasteiger partial charge in [0.05, 0.1) is 24.7 Å². The highest BCUT2D eigenvalue weighted by Crippen LogP contribution is 2.22. The molecular formula is C20H15F2N5O3S. The highest BCUT2D eigenvalue weighted by Gasteiger charge is 2.17. The molecule has 4 rings (SSSR count). The number of hydrogen-bond acceptors (Lipinski definition) is 6. The zero-order valence-electron chi connectivity index (χ0n) is 16.1. The fourth-order valence-electron chi connectivity index (χ4n) is 2.82. The molecule has 1 amide bonds. The number of carbonyl (C=O) groups is 1. The van der Waals surface area contributed by atoms with Crippen molar-refractivity contribution >= 4 is 34.4 Å². The molecule has 2 aromatic heterocycles. The van der Waals surface area contributed by atoms with Gasteiger partial charge >= 0.3 is 0 Å². The average molecular weight is 443 g/mol. The molecule has 4 aromatic rings. The topological polar surface area (TPSA) is 102 Å². The van der Waals surface area contributed by atoms with Crippen molar-refractivity contribution in [3.8, 4) is 11.4 Å². The number of nitrogens with one attached hydrogen (secondary N) is 2. The normalized spacial score (nSPS) is 10.9. The molecule has 11 heteroatoms. The largest absolute Gasteiger partial charge is 0.497 e. The van der Waals surface area contributed by atoms with Crippen molar-refractivity contribution in [3.05, 3.63) is 70.6 Å². The first-order chi connectivity index (χ1) is 15.0. The maximum Gasteiger partial charge on any atom is 0.269 e. The molecule has 0 aliphatic rings. The lowest BCUT2D eigenvalue weighted by atomic mass is 10.3. The van der Waals surface area contributed by atoms with E-state index in [1.807, 2.05) is 0 Å². The minimum Gasteiger partial charge on any atom is -0.497 e. The van der Waals surface area contributed by atoms with Crippen LogP contribution in [0.4, 0.5) is 14.5 Å². The van der Waals surface area contributed by atoms with E-state index in [9.17, 15) is 18.4 Å². The summed E-state index contributed by atoms with van der Waals surface area (Å²) in [5, 5.41) is 9.43. The fraction of sp³-hybridized carbons (Fsp3) is 0.100. The molecule has 0 aliphatic carbocycles. The van der Waals surface area contributed by atoms with Crippen LogP contribution >= 0.6 is 11.8 Å². The summed E-state index contributed by atoms with van der Waals surface area (Å²) in [5.74, 6) is -1.92. The number of thioether (sulfide) groups is 1. The van der Waals surface area contributed by atoms with Crippen molar-refractivity contribution in [2.24, 2.45) is 0 Å². The monoisotopic (exact) mass is 443 g/mol. The van der Waals surface area contributed by atoms with Gasteiger partial charge in [-0.05, 0) is 36.4 Å². The SMILES string of the molecule is COc1ccc(NC(=O)CSc2nc3[nH]ncc3c(=O)n2-c2ccc(F)c(F)c2)cc1. The summed E-state index contributed by atoms with van der Waals surface area (Å²) in [6, 6.07) is 9.86. The van der Waals surface area contributed by atoms with Gasteiger partial charge in [-0.25, -0.2) is 13.8 Å². The maximum atomic E-state index is 13.8. The van der Waals surface area contributed by atoms with E-state index >= 15 is 0 Å². The Labute approximate surface area is 178 Å². The third-order valence-electron chi connectivity index (χ3n) is 4.32. The minimum atomic E-state index is -1.11. The van der Waals surface area contributed by atoms with Crippen molar-refractivity contribution in [2.75, 3.05) is 18.2 Å². The number of carbonyl (C=O) groups excluding carboxylic acids is 1. The summed E-state index contributed by atoms with van der Waals surface area (Å²) in [7, 11) is 1.54. The summed E-state index contributed by atoms with van der Waals surface area (Å²) in [6.45, 7) is 0. The molecule has 2 aromatic carbocycles. The standard InChI is InChI=1S/C20H15F2N5O3S/c1-30-13-5-2-11(3-6-13)24-17(28)10-31-20-25-18-14(9-23-26-18)19(29)27(20)12-4-7-15(21)16(22)8-12/h2-9H,10H2,1H3,(H,23,26)(H,24,28). The highest BCUT2D eigenvalue weighted by atomic mass is 32.2. The number of hydrogen-bond donors (Lipinski definition) is 2. The van der Waals surface area contributed by atoms with Crippen LogP contribution in [-0.2, 0) is 4.79 Å². The van der Waals surface area contributed by atoms with Gasteiger partial charge in [0.1, 0.15) is 11.1 Å². The molecular weight excluding hydrogens is 428 g/mol. The quantitative estimate of drug-likeness (QED) is 0.351. The molecule has 0 radical (unpaired) electrons. The molecule has 0 fully saturated rings. The second-order valence-electron chi connectivity index (χ2n) is 6.33. The van der Waals surface area contributed by atoms with Gasteiger partial charge in [-0.3, -0.25) is 19.3 Å². The lowest BCUT2D eigenvalue weighted by Crippen LogP contribution is -2.22. The van der Waals surface area contributed by atoms with Crippen molar-refractivity contribution < 1.29 is 18.3 Å². The number of rotatable bonds is 6. The number of amides is 1. The molecule has 2 heterocycles. The van der Waals surface area contributed by atoms with Crippen molar-refractivity contribution in [1.29, 1.82) is 0 Å². The summed E-state index contributed by atoms with van der Waals surface area (Å²) < 4.78 is 33.3. The van der Waals surface area contributed by atoms with Gasteiger partial charge in [-0.1, -0.05) is 11.8 Å². The van der Waals surface area contributed by atoms with Gasteiger partial charge in [-0.15, -0.1) is 0 Å². The Bertz CT molecular complexity index is 1320. The van der Waals surface area contributed by atoms with E-state index in [-0.39, 0.29) is 33.5 Å². The molecule has 158 valence electrons. The smallest absolute Gasteiger partial charge is 0.269 e. The van der Waals surface area contributed by atoms with E-state index in [1.54, 1.807) is 31.4 Å². The van der Waals surface area contributed by atoms with Crippen LogP contribution in [-0.4, -0.2) is 38.5 Å². The lowest BCUT2D eigenvalue weighted by Gasteiger charge is -2.12. The van der Waals surface area contributed by atoms with Crippen molar-refractivity contribution in [3.63, 3.8) is 0 Å². The van der Waals surface area contributed by atoms with Crippen LogP contribution in [0.5, 0.6) is 5.75 Å². The van der Waals surface area contributed by atoms with E-state index < -0.39 is 17.2 Å². The number of methoxy groups -OCH3 is 1. The number of H-pyrrole nitrogens is 1. The van der Waals surface area contributed by atoms with Crippen LogP contribution in [0.3, 0.4) is 0 Å². The van der Waals surface area contributed by atoms with Crippen molar-refractivity contribution in [1.82, 2.24) is 19.7 Å². The van der Waals surface area contributed by atoms with Gasteiger partial charge in [0.2, 0.25) is 5.91 Å². The Morgan fingerprint density at radius 1 is 1.19 bits per heavy atom. The molecule has 0 unspecified atom stereocenters. The predicted molar refractivity (Wildman–Crippen MR) is 112 cm³/mol. The molecule has 0 atom stereocenters. The third-order valence-corrected chi connectivity index (χ3v) is 5.26. The van der Waals surface area contributed by atoms with Crippen LogP contribution < -0.4 is 15.6 Å². The molecule has 0 bridgehead atoms. The van der Waals surface area contributed by atoms with E-state index in [2.05, 4.69) is 20.5 Å². The molecule has 0 saturated carbocycles. The number of halogens is 2. The zero-order chi connectivity index (χ0) is 22.0. The van der Waals surface area contributed by atoms with Crippen LogP contribution in [0.1, 0.15) is 0 Å². The first-order valence-corrected chi connectivity index (χ1v) is 9.93. The predicted octanol–water partition coefficient (Wildman–Crippen LogP) is 3.13. The lowest BCUT2D eigenvalue weighted by molar-refractivity contribution is -0.113. The summed E-state index contributed by atoms with van der Waals surface area (Å²) >= 11 is 0.970. The number of fused-ring (bicyclic) bond motifs is 1. The highest BCUT2D eigenvalue weighted by molar-refractivity contribution is 7.99. The average Bonchev–Trinajstić information content (AvgIpc) is 3.24. The Morgan fingerprint density at radius 3 is 2.68 bits per heavy atom. The Kier molecular flexibility index (Phi) is 5.67. The third kappa shape index (κ3) is 4.26. The Hall–Kier alpha value is -3.73. The summed E-state index contributed by atoms with van der Waals surface area (Å²) in [4.78, 5) is 29.6. The number of aromatic amines is 1. The minimum absolute atomic E-state index is 0.0811. The first-order valence-electron chi connectivity index (χ1n) is 8.94. The van der Waals surface area contributed by atoms with Crippen LogP contribution in [0.2, 0.25) is 0 Å². The number of nitrogens with zero attached hydrogens (tertiary/aromatic N) is 3. The second kappa shape index (κ2) is 8.56. The molecule has 2 N–H and O–H groups in total. The second-order valence-corrected chi connectivity index (χ2v) is 7.27.